The van der Waals surface area contributed by atoms with Crippen LogP contribution in [-0.4, -0.2) is 15.2 Å². The molecule has 0 amide bonds. The van der Waals surface area contributed by atoms with Crippen LogP contribution in [0.2, 0.25) is 0 Å². The minimum absolute atomic E-state index is 0.753. The quantitative estimate of drug-likeness (QED) is 0.578. The molecule has 1 N–H and O–H groups in total. The van der Waals surface area contributed by atoms with Crippen LogP contribution in [0, 0.1) is 0 Å². The van der Waals surface area contributed by atoms with Crippen molar-refractivity contribution >= 4 is 43.6 Å². The van der Waals surface area contributed by atoms with E-state index in [0.717, 1.165) is 31.2 Å². The Morgan fingerprint density at radius 3 is 2.52 bits per heavy atom. The van der Waals surface area contributed by atoms with Crippen LogP contribution in [0.1, 0.15) is 5.56 Å². The lowest BCUT2D eigenvalue weighted by Gasteiger charge is -1.99. The molecule has 0 aliphatic carbocycles. The zero-order valence-electron chi connectivity index (χ0n) is 10.9. The summed E-state index contributed by atoms with van der Waals surface area (Å²) >= 11 is 8.58. The van der Waals surface area contributed by atoms with Gasteiger partial charge in [0.2, 0.25) is 5.16 Å². The summed E-state index contributed by atoms with van der Waals surface area (Å²) in [5.41, 5.74) is 2.26. The van der Waals surface area contributed by atoms with Gasteiger partial charge >= 0.3 is 0 Å². The Balaban J connectivity index is 1.71. The van der Waals surface area contributed by atoms with Crippen LogP contribution < -0.4 is 0 Å². The van der Waals surface area contributed by atoms with Crippen LogP contribution >= 0.6 is 43.6 Å². The lowest BCUT2D eigenvalue weighted by atomic mass is 10.2. The highest BCUT2D eigenvalue weighted by molar-refractivity contribution is 9.10. The van der Waals surface area contributed by atoms with Crippen molar-refractivity contribution in [3.8, 4) is 11.4 Å². The Kier molecular flexibility index (Phi) is 4.77. The number of nitrogens with one attached hydrogen (secondary N) is 1. The van der Waals surface area contributed by atoms with Crippen molar-refractivity contribution < 1.29 is 0 Å². The van der Waals surface area contributed by atoms with E-state index in [2.05, 4.69) is 59.2 Å². The zero-order valence-corrected chi connectivity index (χ0v) is 14.9. The summed E-state index contributed by atoms with van der Waals surface area (Å²) in [6.45, 7) is 0. The number of aromatic amines is 1. The smallest absolute Gasteiger partial charge is 0.209 e. The van der Waals surface area contributed by atoms with E-state index in [0.29, 0.717) is 0 Å². The minimum atomic E-state index is 0.753. The maximum atomic E-state index is 4.53. The van der Waals surface area contributed by atoms with Gasteiger partial charge in [0.1, 0.15) is 0 Å². The summed E-state index contributed by atoms with van der Waals surface area (Å²) in [4.78, 5) is 4.53. The van der Waals surface area contributed by atoms with Crippen LogP contribution in [-0.2, 0) is 5.75 Å². The van der Waals surface area contributed by atoms with E-state index in [1.807, 2.05) is 36.4 Å². The second kappa shape index (κ2) is 6.77. The highest BCUT2D eigenvalue weighted by Crippen LogP contribution is 2.27. The van der Waals surface area contributed by atoms with E-state index in [-0.39, 0.29) is 0 Å². The largest absolute Gasteiger partial charge is 0.258 e. The molecule has 0 saturated heterocycles. The van der Waals surface area contributed by atoms with Crippen molar-refractivity contribution in [3.63, 3.8) is 0 Å². The normalized spacial score (nSPS) is 10.8. The van der Waals surface area contributed by atoms with Crippen molar-refractivity contribution in [1.29, 1.82) is 0 Å². The Hall–Kier alpha value is -1.11. The summed E-state index contributed by atoms with van der Waals surface area (Å²) in [6.07, 6.45) is 0. The van der Waals surface area contributed by atoms with Crippen LogP contribution in [0.5, 0.6) is 0 Å². The van der Waals surface area contributed by atoms with Gasteiger partial charge in [0.15, 0.2) is 5.82 Å². The second-order valence-electron chi connectivity index (χ2n) is 4.36. The fraction of sp³-hybridized carbons (Fsp3) is 0.0667. The number of rotatable bonds is 4. The monoisotopic (exact) mass is 423 g/mol. The predicted octanol–water partition coefficient (Wildman–Crippen LogP) is 5.29. The molecule has 3 nitrogen and oxygen atoms in total. The molecule has 0 aliphatic heterocycles. The van der Waals surface area contributed by atoms with Gasteiger partial charge in [-0.05, 0) is 23.8 Å². The number of benzene rings is 2. The number of aromatic nitrogens is 3. The van der Waals surface area contributed by atoms with Crippen molar-refractivity contribution in [2.45, 2.75) is 10.9 Å². The summed E-state index contributed by atoms with van der Waals surface area (Å²) in [5.74, 6) is 1.63. The van der Waals surface area contributed by atoms with E-state index < -0.39 is 0 Å². The maximum absolute atomic E-state index is 4.53. The average Bonchev–Trinajstić information content (AvgIpc) is 2.96. The fourth-order valence-electron chi connectivity index (χ4n) is 1.81. The minimum Gasteiger partial charge on any atom is -0.258 e. The average molecular weight is 425 g/mol. The lowest BCUT2D eigenvalue weighted by Crippen LogP contribution is -1.83. The van der Waals surface area contributed by atoms with E-state index in [9.17, 15) is 0 Å². The Labute approximate surface area is 143 Å². The van der Waals surface area contributed by atoms with Gasteiger partial charge in [-0.15, -0.1) is 5.10 Å². The Morgan fingerprint density at radius 1 is 1.00 bits per heavy atom. The molecule has 0 radical (unpaired) electrons. The topological polar surface area (TPSA) is 41.6 Å². The van der Waals surface area contributed by atoms with Crippen LogP contribution in [0.3, 0.4) is 0 Å². The molecule has 3 aromatic rings. The van der Waals surface area contributed by atoms with Crippen molar-refractivity contribution in [2.24, 2.45) is 0 Å². The molecule has 0 saturated carbocycles. The molecular formula is C15H11Br2N3S. The summed E-state index contributed by atoms with van der Waals surface area (Å²) in [5, 5.41) is 8.01. The molecule has 0 bridgehead atoms. The van der Waals surface area contributed by atoms with E-state index in [1.54, 1.807) is 11.8 Å². The van der Waals surface area contributed by atoms with Crippen molar-refractivity contribution in [2.75, 3.05) is 0 Å². The van der Waals surface area contributed by atoms with Gasteiger partial charge in [0, 0.05) is 20.3 Å². The molecule has 0 atom stereocenters. The van der Waals surface area contributed by atoms with Crippen LogP contribution in [0.15, 0.2) is 62.6 Å². The molecule has 2 aromatic carbocycles. The lowest BCUT2D eigenvalue weighted by molar-refractivity contribution is 0.973. The third kappa shape index (κ3) is 3.75. The molecule has 1 heterocycles. The standard InChI is InChI=1S/C15H11Br2N3S/c16-11-7-5-10(6-8-11)9-21-15-18-14(19-20-15)12-3-1-2-4-13(12)17/h1-8H,9H2,(H,18,19,20). The first-order valence-corrected chi connectivity index (χ1v) is 8.84. The predicted molar refractivity (Wildman–Crippen MR) is 93.2 cm³/mol. The molecule has 0 aliphatic rings. The van der Waals surface area contributed by atoms with Gasteiger partial charge in [0.25, 0.3) is 0 Å². The van der Waals surface area contributed by atoms with Gasteiger partial charge in [-0.3, -0.25) is 5.10 Å². The molecule has 21 heavy (non-hydrogen) atoms. The molecule has 106 valence electrons. The number of hydrogen-bond acceptors (Lipinski definition) is 3. The van der Waals surface area contributed by atoms with Crippen LogP contribution in [0.25, 0.3) is 11.4 Å². The first kappa shape index (κ1) is 14.8. The van der Waals surface area contributed by atoms with Gasteiger partial charge in [0.05, 0.1) is 0 Å². The van der Waals surface area contributed by atoms with Gasteiger partial charge < -0.3 is 0 Å². The number of thioether (sulfide) groups is 1. The highest BCUT2D eigenvalue weighted by atomic mass is 79.9. The molecule has 1 aromatic heterocycles. The number of nitrogens with zero attached hydrogens (tertiary/aromatic N) is 2. The molecular weight excluding hydrogens is 414 g/mol. The number of H-pyrrole nitrogens is 1. The maximum Gasteiger partial charge on any atom is 0.209 e. The Morgan fingerprint density at radius 2 is 1.76 bits per heavy atom. The molecule has 3 rings (SSSR count). The zero-order chi connectivity index (χ0) is 14.7. The van der Waals surface area contributed by atoms with Gasteiger partial charge in [-0.2, -0.15) is 0 Å². The molecule has 6 heteroatoms. The van der Waals surface area contributed by atoms with Crippen LogP contribution in [0.4, 0.5) is 0 Å². The summed E-state index contributed by atoms with van der Waals surface area (Å²) < 4.78 is 2.09. The SMILES string of the molecule is Brc1ccc(CSc2n[nH]c(-c3ccccc3Br)n2)cc1. The van der Waals surface area contributed by atoms with E-state index >= 15 is 0 Å². The third-order valence-corrected chi connectivity index (χ3v) is 5.01. The first-order chi connectivity index (χ1) is 10.2. The highest BCUT2D eigenvalue weighted by Gasteiger charge is 2.09. The summed E-state index contributed by atoms with van der Waals surface area (Å²) in [7, 11) is 0. The van der Waals surface area contributed by atoms with Gasteiger partial charge in [-0.25, -0.2) is 4.98 Å². The number of halogens is 2. The van der Waals surface area contributed by atoms with E-state index in [1.165, 1.54) is 5.56 Å². The third-order valence-electron chi connectivity index (χ3n) is 2.88. The number of hydrogen-bond donors (Lipinski definition) is 1. The van der Waals surface area contributed by atoms with Crippen molar-refractivity contribution in [3.05, 3.63) is 63.0 Å². The summed E-state index contributed by atoms with van der Waals surface area (Å²) in [6, 6.07) is 16.2. The van der Waals surface area contributed by atoms with E-state index in [4.69, 9.17) is 0 Å². The Bertz CT molecular complexity index is 741. The van der Waals surface area contributed by atoms with Gasteiger partial charge in [-0.1, -0.05) is 74.0 Å². The molecule has 0 spiro atoms. The molecule has 0 unspecified atom stereocenters. The second-order valence-corrected chi connectivity index (χ2v) is 7.07. The first-order valence-electron chi connectivity index (χ1n) is 6.27. The van der Waals surface area contributed by atoms with Crippen molar-refractivity contribution in [1.82, 2.24) is 15.2 Å². The fourth-order valence-corrected chi connectivity index (χ4v) is 3.30. The molecule has 0 fully saturated rings.